The summed E-state index contributed by atoms with van der Waals surface area (Å²) in [7, 11) is 1.68. The van der Waals surface area contributed by atoms with Gasteiger partial charge in [-0.25, -0.2) is 4.39 Å². The molecule has 0 saturated carbocycles. The van der Waals surface area contributed by atoms with Gasteiger partial charge < -0.3 is 15.4 Å². The molecule has 0 unspecified atom stereocenters. The molecule has 0 amide bonds. The molecule has 0 aliphatic heterocycles. The normalized spacial score (nSPS) is 11.1. The van der Waals surface area contributed by atoms with Crippen LogP contribution in [-0.2, 0) is 11.2 Å². The van der Waals surface area contributed by atoms with E-state index in [1.165, 1.54) is 0 Å². The highest BCUT2D eigenvalue weighted by molar-refractivity contribution is 5.49. The van der Waals surface area contributed by atoms with Crippen molar-refractivity contribution in [2.75, 3.05) is 38.3 Å². The first-order valence-corrected chi connectivity index (χ1v) is 6.80. The molecule has 0 radical (unpaired) electrons. The number of halogens is 1. The third kappa shape index (κ3) is 5.57. The zero-order chi connectivity index (χ0) is 14.3. The number of methoxy groups -OCH3 is 1. The molecular formula is C15H25FN2O. The minimum atomic E-state index is -0.202. The van der Waals surface area contributed by atoms with E-state index in [1.54, 1.807) is 19.2 Å². The Bertz CT molecular complexity index is 382. The van der Waals surface area contributed by atoms with Gasteiger partial charge in [-0.1, -0.05) is 13.8 Å². The monoisotopic (exact) mass is 268 g/mol. The lowest BCUT2D eigenvalue weighted by Crippen LogP contribution is -2.31. The summed E-state index contributed by atoms with van der Waals surface area (Å²) in [4.78, 5) is 2.16. The van der Waals surface area contributed by atoms with Gasteiger partial charge in [-0.2, -0.15) is 0 Å². The maximum Gasteiger partial charge on any atom is 0.125 e. The summed E-state index contributed by atoms with van der Waals surface area (Å²) in [5.74, 6) is 0.310. The largest absolute Gasteiger partial charge is 0.383 e. The lowest BCUT2D eigenvalue weighted by molar-refractivity contribution is 0.204. The molecule has 108 valence electrons. The smallest absolute Gasteiger partial charge is 0.125 e. The maximum absolute atomic E-state index is 13.7. The van der Waals surface area contributed by atoms with Crippen LogP contribution in [-0.4, -0.2) is 33.4 Å². The van der Waals surface area contributed by atoms with E-state index >= 15 is 0 Å². The Labute approximate surface area is 115 Å². The van der Waals surface area contributed by atoms with E-state index in [9.17, 15) is 4.39 Å². The third-order valence-corrected chi connectivity index (χ3v) is 2.89. The third-order valence-electron chi connectivity index (χ3n) is 2.89. The molecule has 1 aromatic carbocycles. The number of rotatable bonds is 8. The van der Waals surface area contributed by atoms with E-state index < -0.39 is 0 Å². The van der Waals surface area contributed by atoms with E-state index in [0.29, 0.717) is 25.5 Å². The predicted octanol–water partition coefficient (Wildman–Crippen LogP) is 2.44. The van der Waals surface area contributed by atoms with E-state index in [-0.39, 0.29) is 5.82 Å². The number of ether oxygens (including phenoxy) is 1. The molecule has 0 spiro atoms. The summed E-state index contributed by atoms with van der Waals surface area (Å²) in [6, 6.07) is 5.16. The Kier molecular flexibility index (Phi) is 6.81. The summed E-state index contributed by atoms with van der Waals surface area (Å²) in [6.07, 6.45) is 0.699. The molecule has 4 heteroatoms. The number of nitrogens with two attached hydrogens (primary N) is 1. The van der Waals surface area contributed by atoms with Gasteiger partial charge in [0.15, 0.2) is 0 Å². The van der Waals surface area contributed by atoms with Crippen molar-refractivity contribution in [3.63, 3.8) is 0 Å². The second kappa shape index (κ2) is 8.12. The van der Waals surface area contributed by atoms with Crippen molar-refractivity contribution in [3.05, 3.63) is 29.6 Å². The first kappa shape index (κ1) is 15.9. The molecule has 0 heterocycles. The molecule has 0 aliphatic rings. The van der Waals surface area contributed by atoms with Crippen LogP contribution in [0.3, 0.4) is 0 Å². The standard InChI is InChI=1S/C15H25FN2O/c1-12(2)11-18(6-7-19-3)15-9-13(4-5-17)8-14(16)10-15/h8-10,12H,4-7,11,17H2,1-3H3. The second-order valence-corrected chi connectivity index (χ2v) is 5.19. The van der Waals surface area contributed by atoms with E-state index in [0.717, 1.165) is 24.3 Å². The number of benzene rings is 1. The van der Waals surface area contributed by atoms with Crippen molar-refractivity contribution in [2.24, 2.45) is 11.7 Å². The lowest BCUT2D eigenvalue weighted by atomic mass is 10.1. The van der Waals surface area contributed by atoms with Crippen LogP contribution in [0.1, 0.15) is 19.4 Å². The first-order chi connectivity index (χ1) is 9.06. The van der Waals surface area contributed by atoms with Gasteiger partial charge in [0.05, 0.1) is 6.61 Å². The van der Waals surface area contributed by atoms with Crippen LogP contribution >= 0.6 is 0 Å². The van der Waals surface area contributed by atoms with Crippen LogP contribution in [0.5, 0.6) is 0 Å². The lowest BCUT2D eigenvalue weighted by Gasteiger charge is -2.27. The minimum Gasteiger partial charge on any atom is -0.383 e. The molecular weight excluding hydrogens is 243 g/mol. The number of hydrogen-bond acceptors (Lipinski definition) is 3. The maximum atomic E-state index is 13.7. The number of nitrogens with zero attached hydrogens (tertiary/aromatic N) is 1. The zero-order valence-corrected chi connectivity index (χ0v) is 12.2. The van der Waals surface area contributed by atoms with E-state index in [4.69, 9.17) is 10.5 Å². The summed E-state index contributed by atoms with van der Waals surface area (Å²) in [5.41, 5.74) is 7.40. The fourth-order valence-electron chi connectivity index (χ4n) is 2.09. The quantitative estimate of drug-likeness (QED) is 0.787. The van der Waals surface area contributed by atoms with E-state index in [2.05, 4.69) is 18.7 Å². The van der Waals surface area contributed by atoms with Crippen molar-refractivity contribution in [1.29, 1.82) is 0 Å². The zero-order valence-electron chi connectivity index (χ0n) is 12.2. The minimum absolute atomic E-state index is 0.202. The van der Waals surface area contributed by atoms with Crippen LogP contribution in [0, 0.1) is 11.7 Å². The highest BCUT2D eigenvalue weighted by Crippen LogP contribution is 2.20. The Morgan fingerprint density at radius 3 is 2.63 bits per heavy atom. The van der Waals surface area contributed by atoms with Gasteiger partial charge >= 0.3 is 0 Å². The van der Waals surface area contributed by atoms with Gasteiger partial charge in [-0.3, -0.25) is 0 Å². The van der Waals surface area contributed by atoms with Gasteiger partial charge in [0.2, 0.25) is 0 Å². The van der Waals surface area contributed by atoms with Crippen molar-refractivity contribution in [1.82, 2.24) is 0 Å². The van der Waals surface area contributed by atoms with Gasteiger partial charge in [0.25, 0.3) is 0 Å². The Morgan fingerprint density at radius 2 is 2.05 bits per heavy atom. The van der Waals surface area contributed by atoms with Crippen molar-refractivity contribution in [3.8, 4) is 0 Å². The van der Waals surface area contributed by atoms with Crippen LogP contribution in [0.15, 0.2) is 18.2 Å². The number of anilines is 1. The summed E-state index contributed by atoms with van der Waals surface area (Å²) in [6.45, 7) is 7.12. The van der Waals surface area contributed by atoms with Crippen LogP contribution < -0.4 is 10.6 Å². The fourth-order valence-corrected chi connectivity index (χ4v) is 2.09. The Balaban J connectivity index is 2.92. The van der Waals surface area contributed by atoms with Gasteiger partial charge in [-0.15, -0.1) is 0 Å². The topological polar surface area (TPSA) is 38.5 Å². The van der Waals surface area contributed by atoms with Crippen molar-refractivity contribution in [2.45, 2.75) is 20.3 Å². The molecule has 0 saturated heterocycles. The van der Waals surface area contributed by atoms with Crippen LogP contribution in [0.25, 0.3) is 0 Å². The van der Waals surface area contributed by atoms with Crippen molar-refractivity contribution >= 4 is 5.69 Å². The molecule has 0 atom stereocenters. The molecule has 0 fully saturated rings. The summed E-state index contributed by atoms with van der Waals surface area (Å²) in [5, 5.41) is 0. The number of hydrogen-bond donors (Lipinski definition) is 1. The predicted molar refractivity (Wildman–Crippen MR) is 78.1 cm³/mol. The summed E-state index contributed by atoms with van der Waals surface area (Å²) >= 11 is 0. The summed E-state index contributed by atoms with van der Waals surface area (Å²) < 4.78 is 18.8. The molecule has 0 aliphatic carbocycles. The van der Waals surface area contributed by atoms with Crippen molar-refractivity contribution < 1.29 is 9.13 Å². The highest BCUT2D eigenvalue weighted by Gasteiger charge is 2.11. The second-order valence-electron chi connectivity index (χ2n) is 5.19. The van der Waals surface area contributed by atoms with Gasteiger partial charge in [0.1, 0.15) is 5.82 Å². The first-order valence-electron chi connectivity index (χ1n) is 6.80. The molecule has 19 heavy (non-hydrogen) atoms. The van der Waals surface area contributed by atoms with Gasteiger partial charge in [-0.05, 0) is 42.6 Å². The van der Waals surface area contributed by atoms with E-state index in [1.807, 2.05) is 6.07 Å². The fraction of sp³-hybridized carbons (Fsp3) is 0.600. The average Bonchev–Trinajstić information content (AvgIpc) is 2.33. The van der Waals surface area contributed by atoms with Gasteiger partial charge in [0, 0.05) is 25.9 Å². The average molecular weight is 268 g/mol. The molecule has 2 N–H and O–H groups in total. The molecule has 3 nitrogen and oxygen atoms in total. The molecule has 0 bridgehead atoms. The van der Waals surface area contributed by atoms with Crippen LogP contribution in [0.4, 0.5) is 10.1 Å². The Hall–Kier alpha value is -1.13. The molecule has 1 rings (SSSR count). The highest BCUT2D eigenvalue weighted by atomic mass is 19.1. The molecule has 0 aromatic heterocycles. The molecule has 1 aromatic rings. The Morgan fingerprint density at radius 1 is 1.32 bits per heavy atom. The SMILES string of the molecule is COCCN(CC(C)C)c1cc(F)cc(CCN)c1. The van der Waals surface area contributed by atoms with Crippen LogP contribution in [0.2, 0.25) is 0 Å².